The summed E-state index contributed by atoms with van der Waals surface area (Å²) >= 11 is 0. The Kier molecular flexibility index (Phi) is 18.1. The highest BCUT2D eigenvalue weighted by Gasteiger charge is 2.23. The predicted octanol–water partition coefficient (Wildman–Crippen LogP) is 9.16. The molecular formula is C31H52O4. The average molecular weight is 489 g/mol. The van der Waals surface area contributed by atoms with Gasteiger partial charge in [0.1, 0.15) is 0 Å². The van der Waals surface area contributed by atoms with Crippen LogP contribution in [0.5, 0.6) is 0 Å². The fourth-order valence-corrected chi connectivity index (χ4v) is 4.90. The molecule has 0 spiro atoms. The van der Waals surface area contributed by atoms with Crippen LogP contribution in [0.25, 0.3) is 0 Å². The number of carbonyl (C=O) groups excluding carboxylic acids is 2. The third-order valence-electron chi connectivity index (χ3n) is 7.04. The van der Waals surface area contributed by atoms with E-state index in [2.05, 4.69) is 27.7 Å². The van der Waals surface area contributed by atoms with Crippen LogP contribution in [-0.2, 0) is 9.47 Å². The van der Waals surface area contributed by atoms with Crippen LogP contribution in [0.1, 0.15) is 145 Å². The molecule has 0 aliphatic carbocycles. The van der Waals surface area contributed by atoms with Gasteiger partial charge in [-0.05, 0) is 36.8 Å². The Hall–Kier alpha value is -1.84. The molecule has 0 aliphatic rings. The van der Waals surface area contributed by atoms with Crippen LogP contribution in [0.15, 0.2) is 24.3 Å². The summed E-state index contributed by atoms with van der Waals surface area (Å²) in [6.45, 7) is 9.64. The summed E-state index contributed by atoms with van der Waals surface area (Å²) in [7, 11) is 0. The molecule has 0 saturated carbocycles. The molecular weight excluding hydrogens is 436 g/mol. The largest absolute Gasteiger partial charge is 0.462 e. The van der Waals surface area contributed by atoms with Gasteiger partial charge in [-0.2, -0.15) is 0 Å². The maximum absolute atomic E-state index is 12.9. The van der Waals surface area contributed by atoms with E-state index in [0.29, 0.717) is 36.2 Å². The lowest BCUT2D eigenvalue weighted by Gasteiger charge is -2.25. The molecule has 0 aliphatic heterocycles. The molecule has 0 fully saturated rings. The van der Waals surface area contributed by atoms with Crippen molar-refractivity contribution in [3.63, 3.8) is 0 Å². The molecule has 200 valence electrons. The predicted molar refractivity (Wildman–Crippen MR) is 146 cm³/mol. The van der Waals surface area contributed by atoms with Crippen molar-refractivity contribution in [3.05, 3.63) is 35.4 Å². The van der Waals surface area contributed by atoms with Gasteiger partial charge in [-0.15, -0.1) is 0 Å². The summed E-state index contributed by atoms with van der Waals surface area (Å²) in [5, 5.41) is 0. The summed E-state index contributed by atoms with van der Waals surface area (Å²) in [5.74, 6) is 0.0679. The first-order chi connectivity index (χ1) is 17.1. The normalized spacial score (nSPS) is 12.8. The number of hydrogen-bond donors (Lipinski definition) is 0. The Bertz CT molecular complexity index is 684. The monoisotopic (exact) mass is 488 g/mol. The summed E-state index contributed by atoms with van der Waals surface area (Å²) in [6, 6.07) is 6.86. The molecule has 0 radical (unpaired) electrons. The lowest BCUT2D eigenvalue weighted by atomic mass is 9.84. The molecule has 1 aromatic carbocycles. The van der Waals surface area contributed by atoms with Gasteiger partial charge in [0.25, 0.3) is 0 Å². The zero-order valence-corrected chi connectivity index (χ0v) is 23.1. The smallest absolute Gasteiger partial charge is 0.339 e. The van der Waals surface area contributed by atoms with E-state index in [1.54, 1.807) is 24.3 Å². The van der Waals surface area contributed by atoms with E-state index in [9.17, 15) is 9.59 Å². The summed E-state index contributed by atoms with van der Waals surface area (Å²) in [5.41, 5.74) is 0.608. The van der Waals surface area contributed by atoms with Crippen LogP contribution in [-0.4, -0.2) is 25.2 Å². The number of esters is 2. The van der Waals surface area contributed by atoms with Crippen molar-refractivity contribution in [2.24, 2.45) is 11.8 Å². The molecule has 0 bridgehead atoms. The van der Waals surface area contributed by atoms with Gasteiger partial charge < -0.3 is 9.47 Å². The zero-order valence-electron chi connectivity index (χ0n) is 23.1. The Balaban J connectivity index is 2.45. The first-order valence-corrected chi connectivity index (χ1v) is 14.5. The lowest BCUT2D eigenvalue weighted by molar-refractivity contribution is 0.0354. The van der Waals surface area contributed by atoms with Gasteiger partial charge in [-0.1, -0.05) is 123 Å². The fraction of sp³-hybridized carbons (Fsp3) is 0.742. The van der Waals surface area contributed by atoms with Crippen LogP contribution in [0.2, 0.25) is 0 Å². The first kappa shape index (κ1) is 31.2. The number of rotatable bonds is 21. The van der Waals surface area contributed by atoms with E-state index in [1.165, 1.54) is 51.4 Å². The number of carbonyl (C=O) groups is 2. The quantitative estimate of drug-likeness (QED) is 0.128. The molecule has 0 saturated heterocycles. The van der Waals surface area contributed by atoms with Crippen molar-refractivity contribution < 1.29 is 19.1 Å². The molecule has 4 nitrogen and oxygen atoms in total. The highest BCUT2D eigenvalue weighted by atomic mass is 16.5. The minimum Gasteiger partial charge on any atom is -0.462 e. The van der Waals surface area contributed by atoms with Crippen molar-refractivity contribution in [1.82, 2.24) is 0 Å². The molecule has 0 N–H and O–H groups in total. The van der Waals surface area contributed by atoms with E-state index >= 15 is 0 Å². The number of ether oxygens (including phenoxy) is 2. The van der Waals surface area contributed by atoms with Crippen molar-refractivity contribution in [1.29, 1.82) is 0 Å². The Morgan fingerprint density at radius 1 is 0.629 bits per heavy atom. The first-order valence-electron chi connectivity index (χ1n) is 14.5. The average Bonchev–Trinajstić information content (AvgIpc) is 2.88. The lowest BCUT2D eigenvalue weighted by Crippen LogP contribution is -2.23. The third-order valence-corrected chi connectivity index (χ3v) is 7.04. The SMILES string of the molecule is CCCCCCCCCCCCOC(=O)c1ccccc1C(=O)OC[C@H](CCC)[C@H](CC)CCC. The molecule has 4 heteroatoms. The van der Waals surface area contributed by atoms with Crippen molar-refractivity contribution >= 4 is 11.9 Å². The van der Waals surface area contributed by atoms with Gasteiger partial charge in [-0.3, -0.25) is 0 Å². The van der Waals surface area contributed by atoms with E-state index in [0.717, 1.165) is 44.9 Å². The van der Waals surface area contributed by atoms with E-state index in [1.807, 2.05) is 0 Å². The molecule has 0 unspecified atom stereocenters. The van der Waals surface area contributed by atoms with Crippen molar-refractivity contribution in [3.8, 4) is 0 Å². The van der Waals surface area contributed by atoms with Gasteiger partial charge >= 0.3 is 11.9 Å². The van der Waals surface area contributed by atoms with Crippen LogP contribution in [0.4, 0.5) is 0 Å². The Labute approximate surface area is 215 Å². The van der Waals surface area contributed by atoms with Crippen LogP contribution < -0.4 is 0 Å². The minimum absolute atomic E-state index is 0.303. The topological polar surface area (TPSA) is 52.6 Å². The number of unbranched alkanes of at least 4 members (excludes halogenated alkanes) is 9. The van der Waals surface area contributed by atoms with E-state index < -0.39 is 11.9 Å². The zero-order chi connectivity index (χ0) is 25.7. The molecule has 0 aromatic heterocycles. The number of hydrogen-bond acceptors (Lipinski definition) is 4. The van der Waals surface area contributed by atoms with Crippen LogP contribution in [0.3, 0.4) is 0 Å². The second kappa shape index (κ2) is 20.4. The highest BCUT2D eigenvalue weighted by molar-refractivity contribution is 6.03. The second-order valence-electron chi connectivity index (χ2n) is 9.97. The fourth-order valence-electron chi connectivity index (χ4n) is 4.90. The van der Waals surface area contributed by atoms with Gasteiger partial charge in [0.05, 0.1) is 24.3 Å². The summed E-state index contributed by atoms with van der Waals surface area (Å²) < 4.78 is 11.2. The van der Waals surface area contributed by atoms with Gasteiger partial charge in [0, 0.05) is 0 Å². The summed E-state index contributed by atoms with van der Waals surface area (Å²) in [6.07, 6.45) is 17.9. The third kappa shape index (κ3) is 13.2. The summed E-state index contributed by atoms with van der Waals surface area (Å²) in [4.78, 5) is 25.6. The Morgan fingerprint density at radius 2 is 1.11 bits per heavy atom. The maximum atomic E-state index is 12.9. The van der Waals surface area contributed by atoms with Crippen molar-refractivity contribution in [2.75, 3.05) is 13.2 Å². The highest BCUT2D eigenvalue weighted by Crippen LogP contribution is 2.26. The molecule has 35 heavy (non-hydrogen) atoms. The van der Waals surface area contributed by atoms with Gasteiger partial charge in [-0.25, -0.2) is 9.59 Å². The van der Waals surface area contributed by atoms with Crippen LogP contribution in [0, 0.1) is 11.8 Å². The maximum Gasteiger partial charge on any atom is 0.339 e. The molecule has 2 atom stereocenters. The molecule has 1 rings (SSSR count). The van der Waals surface area contributed by atoms with Gasteiger partial charge in [0.15, 0.2) is 0 Å². The second-order valence-corrected chi connectivity index (χ2v) is 9.97. The van der Waals surface area contributed by atoms with Crippen molar-refractivity contribution in [2.45, 2.75) is 124 Å². The van der Waals surface area contributed by atoms with E-state index in [4.69, 9.17) is 9.47 Å². The van der Waals surface area contributed by atoms with Crippen LogP contribution >= 0.6 is 0 Å². The standard InChI is InChI=1S/C31H52O4/c1-5-9-10-11-12-13-14-15-16-19-24-34-30(32)28-22-17-18-23-29(28)31(33)35-25-27(21-7-3)26(8-4)20-6-2/h17-18,22-23,26-27H,5-16,19-21,24-25H2,1-4H3/t26-,27+/m1/s1. The Morgan fingerprint density at radius 3 is 1.63 bits per heavy atom. The minimum atomic E-state index is -0.434. The van der Waals surface area contributed by atoms with Gasteiger partial charge in [0.2, 0.25) is 0 Å². The molecule has 1 aromatic rings. The van der Waals surface area contributed by atoms with E-state index in [-0.39, 0.29) is 0 Å². The molecule has 0 amide bonds. The molecule has 0 heterocycles. The number of benzene rings is 1.